The van der Waals surface area contributed by atoms with Crippen LogP contribution in [0.1, 0.15) is 11.1 Å². The Morgan fingerprint density at radius 1 is 1.19 bits per heavy atom. The second-order valence-corrected chi connectivity index (χ2v) is 5.00. The zero-order valence-corrected chi connectivity index (χ0v) is 11.5. The summed E-state index contributed by atoms with van der Waals surface area (Å²) in [7, 11) is 0. The highest BCUT2D eigenvalue weighted by Gasteiger charge is 2.31. The zero-order valence-electron chi connectivity index (χ0n) is 10.7. The van der Waals surface area contributed by atoms with Gasteiger partial charge in [0, 0.05) is 12.7 Å². The van der Waals surface area contributed by atoms with Crippen molar-refractivity contribution in [1.29, 1.82) is 0 Å². The van der Waals surface area contributed by atoms with E-state index >= 15 is 0 Å². The molecular weight excluding hydrogens is 301 g/mol. The van der Waals surface area contributed by atoms with E-state index in [0.29, 0.717) is 17.3 Å². The van der Waals surface area contributed by atoms with Crippen molar-refractivity contribution in [2.24, 2.45) is 0 Å². The second-order valence-electron chi connectivity index (χ2n) is 4.59. The molecule has 6 heteroatoms. The average Bonchev–Trinajstić information content (AvgIpc) is 2.46. The zero-order chi connectivity index (χ0) is 15.0. The second kappa shape index (κ2) is 5.07. The third kappa shape index (κ3) is 2.61. The minimum absolute atomic E-state index is 0.225. The molecule has 0 unspecified atom stereocenters. The monoisotopic (exact) mass is 310 g/mol. The van der Waals surface area contributed by atoms with Gasteiger partial charge in [-0.15, -0.1) is 0 Å². The van der Waals surface area contributed by atoms with Crippen molar-refractivity contribution in [3.63, 3.8) is 0 Å². The third-order valence-corrected chi connectivity index (χ3v) is 3.53. The van der Waals surface area contributed by atoms with Crippen LogP contribution in [0.25, 0.3) is 6.08 Å². The lowest BCUT2D eigenvalue weighted by atomic mass is 10.1. The van der Waals surface area contributed by atoms with Gasteiger partial charge >= 0.3 is 6.18 Å². The summed E-state index contributed by atoms with van der Waals surface area (Å²) in [4.78, 5) is 5.72. The smallest absolute Gasteiger partial charge is 0.321 e. The van der Waals surface area contributed by atoms with Crippen LogP contribution >= 0.6 is 11.6 Å². The predicted molar refractivity (Wildman–Crippen MR) is 76.7 cm³/mol. The number of aromatic nitrogens is 1. The minimum Gasteiger partial charge on any atom is -0.321 e. The SMILES string of the molecule is FC(F)(F)c1ccnc(N2CC=Cc3cccc(Cl)c32)c1. The van der Waals surface area contributed by atoms with Gasteiger partial charge in [-0.3, -0.25) is 0 Å². The summed E-state index contributed by atoms with van der Waals surface area (Å²) >= 11 is 6.19. The first-order chi connectivity index (χ1) is 9.97. The summed E-state index contributed by atoms with van der Waals surface area (Å²) in [5, 5.41) is 0.482. The van der Waals surface area contributed by atoms with Gasteiger partial charge in [0.1, 0.15) is 5.82 Å². The fraction of sp³-hybridized carbons (Fsp3) is 0.133. The first-order valence-electron chi connectivity index (χ1n) is 6.22. The van der Waals surface area contributed by atoms with Crippen LogP contribution in [0.3, 0.4) is 0 Å². The van der Waals surface area contributed by atoms with Crippen LogP contribution in [0.4, 0.5) is 24.7 Å². The van der Waals surface area contributed by atoms with Gasteiger partial charge < -0.3 is 4.90 Å². The largest absolute Gasteiger partial charge is 0.416 e. The molecule has 1 aliphatic rings. The summed E-state index contributed by atoms with van der Waals surface area (Å²) in [6.45, 7) is 0.422. The Kier molecular flexibility index (Phi) is 3.37. The highest BCUT2D eigenvalue weighted by Crippen LogP contribution is 2.38. The molecule has 0 saturated heterocycles. The number of halogens is 4. The van der Waals surface area contributed by atoms with Crippen molar-refractivity contribution < 1.29 is 13.2 Å². The summed E-state index contributed by atoms with van der Waals surface area (Å²) in [6.07, 6.45) is 0.519. The third-order valence-electron chi connectivity index (χ3n) is 3.22. The molecule has 0 atom stereocenters. The Labute approximate surface area is 124 Å². The Bertz CT molecular complexity index is 710. The van der Waals surface area contributed by atoms with E-state index in [0.717, 1.165) is 23.9 Å². The molecule has 0 N–H and O–H groups in total. The highest BCUT2D eigenvalue weighted by molar-refractivity contribution is 6.33. The fourth-order valence-corrected chi connectivity index (χ4v) is 2.56. The standard InChI is InChI=1S/C15H10ClF3N2/c16-12-5-1-3-10-4-2-8-21(14(10)12)13-9-11(6-7-20-13)15(17,18)19/h1-7,9H,8H2. The summed E-state index contributed by atoms with van der Waals surface area (Å²) in [5.74, 6) is 0.225. The van der Waals surface area contributed by atoms with Gasteiger partial charge in [-0.05, 0) is 23.8 Å². The number of benzene rings is 1. The number of hydrogen-bond donors (Lipinski definition) is 0. The van der Waals surface area contributed by atoms with E-state index < -0.39 is 11.7 Å². The van der Waals surface area contributed by atoms with E-state index in [1.54, 1.807) is 17.0 Å². The van der Waals surface area contributed by atoms with Crippen molar-refractivity contribution in [2.45, 2.75) is 6.18 Å². The lowest BCUT2D eigenvalue weighted by molar-refractivity contribution is -0.137. The number of nitrogens with zero attached hydrogens (tertiary/aromatic N) is 2. The molecule has 2 aromatic rings. The molecule has 0 fully saturated rings. The summed E-state index contributed by atoms with van der Waals surface area (Å²) in [6, 6.07) is 7.36. The molecule has 1 aliphatic heterocycles. The maximum Gasteiger partial charge on any atom is 0.416 e. The Hall–Kier alpha value is -2.01. The van der Waals surface area contributed by atoms with Crippen molar-refractivity contribution >= 4 is 29.2 Å². The number of hydrogen-bond acceptors (Lipinski definition) is 2. The molecule has 2 nitrogen and oxygen atoms in total. The average molecular weight is 311 g/mol. The van der Waals surface area contributed by atoms with Gasteiger partial charge in [-0.25, -0.2) is 4.98 Å². The highest BCUT2D eigenvalue weighted by atomic mass is 35.5. The van der Waals surface area contributed by atoms with Crippen LogP contribution in [0.2, 0.25) is 5.02 Å². The molecule has 0 bridgehead atoms. The maximum atomic E-state index is 12.8. The number of anilines is 2. The van der Waals surface area contributed by atoms with E-state index in [-0.39, 0.29) is 5.82 Å². The summed E-state index contributed by atoms with van der Waals surface area (Å²) in [5.41, 5.74) is 0.803. The van der Waals surface area contributed by atoms with Gasteiger partial charge in [0.15, 0.2) is 0 Å². The quantitative estimate of drug-likeness (QED) is 0.743. The van der Waals surface area contributed by atoms with Crippen LogP contribution in [0.5, 0.6) is 0 Å². The van der Waals surface area contributed by atoms with Gasteiger partial charge in [-0.1, -0.05) is 35.9 Å². The van der Waals surface area contributed by atoms with Gasteiger partial charge in [0.25, 0.3) is 0 Å². The minimum atomic E-state index is -4.40. The summed E-state index contributed by atoms with van der Waals surface area (Å²) < 4.78 is 38.5. The molecule has 1 aromatic carbocycles. The molecule has 2 heterocycles. The first kappa shape index (κ1) is 13.9. The van der Waals surface area contributed by atoms with Crippen LogP contribution in [-0.2, 0) is 6.18 Å². The van der Waals surface area contributed by atoms with Crippen LogP contribution < -0.4 is 4.90 Å². The van der Waals surface area contributed by atoms with E-state index in [1.807, 2.05) is 18.2 Å². The molecule has 0 saturated carbocycles. The van der Waals surface area contributed by atoms with Crippen LogP contribution in [0.15, 0.2) is 42.6 Å². The van der Waals surface area contributed by atoms with E-state index in [4.69, 9.17) is 11.6 Å². The van der Waals surface area contributed by atoms with Crippen molar-refractivity contribution in [2.75, 3.05) is 11.4 Å². The van der Waals surface area contributed by atoms with E-state index in [9.17, 15) is 13.2 Å². The number of fused-ring (bicyclic) bond motifs is 1. The molecule has 0 aliphatic carbocycles. The molecule has 108 valence electrons. The van der Waals surface area contributed by atoms with Gasteiger partial charge in [0.05, 0.1) is 16.3 Å². The van der Waals surface area contributed by atoms with Gasteiger partial charge in [0.2, 0.25) is 0 Å². The number of rotatable bonds is 1. The van der Waals surface area contributed by atoms with Crippen molar-refractivity contribution in [3.8, 4) is 0 Å². The number of pyridine rings is 1. The number of alkyl halides is 3. The Morgan fingerprint density at radius 3 is 2.76 bits per heavy atom. The van der Waals surface area contributed by atoms with Crippen LogP contribution in [-0.4, -0.2) is 11.5 Å². The fourth-order valence-electron chi connectivity index (χ4n) is 2.28. The molecule has 21 heavy (non-hydrogen) atoms. The van der Waals surface area contributed by atoms with Gasteiger partial charge in [-0.2, -0.15) is 13.2 Å². The number of para-hydroxylation sites is 1. The lowest BCUT2D eigenvalue weighted by Crippen LogP contribution is -2.22. The van der Waals surface area contributed by atoms with Crippen LogP contribution in [0, 0.1) is 0 Å². The van der Waals surface area contributed by atoms with E-state index in [2.05, 4.69) is 4.98 Å². The lowest BCUT2D eigenvalue weighted by Gasteiger charge is -2.28. The molecule has 3 rings (SSSR count). The molecule has 0 amide bonds. The maximum absolute atomic E-state index is 12.8. The molecule has 0 radical (unpaired) electrons. The topological polar surface area (TPSA) is 16.1 Å². The van der Waals surface area contributed by atoms with E-state index in [1.165, 1.54) is 0 Å². The van der Waals surface area contributed by atoms with Crippen molar-refractivity contribution in [1.82, 2.24) is 4.98 Å². The predicted octanol–water partition coefficient (Wildman–Crippen LogP) is 4.92. The Morgan fingerprint density at radius 2 is 2.00 bits per heavy atom. The molecular formula is C15H10ClF3N2. The Balaban J connectivity index is 2.09. The molecule has 0 spiro atoms. The molecule has 1 aromatic heterocycles. The normalized spacial score (nSPS) is 14.2. The van der Waals surface area contributed by atoms with Crippen molar-refractivity contribution in [3.05, 3.63) is 58.8 Å². The first-order valence-corrected chi connectivity index (χ1v) is 6.60.